The fraction of sp³-hybridized carbons (Fsp3) is 0.410. The van der Waals surface area contributed by atoms with Crippen LogP contribution >= 0.6 is 0 Å². The highest BCUT2D eigenvalue weighted by Gasteiger charge is 2.45. The molecule has 7 rings (SSSR count). The summed E-state index contributed by atoms with van der Waals surface area (Å²) in [5, 5.41) is 10.8. The van der Waals surface area contributed by atoms with Crippen LogP contribution in [0.5, 0.6) is 0 Å². The smallest absolute Gasteiger partial charge is 0.378 e. The van der Waals surface area contributed by atoms with Crippen molar-refractivity contribution in [3.05, 3.63) is 107 Å². The average molecular weight is 760 g/mol. The van der Waals surface area contributed by atoms with Crippen molar-refractivity contribution >= 4 is 23.5 Å². The van der Waals surface area contributed by atoms with Crippen LogP contribution < -0.4 is 10.2 Å². The number of piperazine rings is 1. The molecule has 3 amide bonds. The molecule has 0 spiro atoms. The summed E-state index contributed by atoms with van der Waals surface area (Å²) in [7, 11) is 1.75. The van der Waals surface area contributed by atoms with Crippen molar-refractivity contribution in [2.45, 2.75) is 44.7 Å². The molecule has 3 aliphatic heterocycles. The first kappa shape index (κ1) is 38.0. The minimum atomic E-state index is -4.81. The van der Waals surface area contributed by atoms with Crippen LogP contribution in [-0.2, 0) is 27.2 Å². The molecule has 4 aromatic rings. The molecule has 0 aliphatic carbocycles. The number of rotatable bonds is 11. The van der Waals surface area contributed by atoms with Crippen molar-refractivity contribution < 1.29 is 32.3 Å². The van der Waals surface area contributed by atoms with Crippen molar-refractivity contribution in [2.75, 3.05) is 64.4 Å². The number of anilines is 1. The van der Waals surface area contributed by atoms with E-state index in [4.69, 9.17) is 4.74 Å². The van der Waals surface area contributed by atoms with E-state index in [2.05, 4.69) is 25.3 Å². The van der Waals surface area contributed by atoms with E-state index in [1.165, 1.54) is 4.90 Å². The fourth-order valence-corrected chi connectivity index (χ4v) is 7.54. The maximum absolute atomic E-state index is 14.4. The summed E-state index contributed by atoms with van der Waals surface area (Å²) in [6, 6.07) is 17.0. The molecule has 2 aromatic carbocycles. The number of allylic oxidation sites excluding steroid dienone is 1. The van der Waals surface area contributed by atoms with Crippen LogP contribution in [0.3, 0.4) is 0 Å². The molecule has 16 heteroatoms. The van der Waals surface area contributed by atoms with Crippen molar-refractivity contribution in [2.24, 2.45) is 0 Å². The Hall–Kier alpha value is -5.32. The minimum Gasteiger partial charge on any atom is -0.378 e. The monoisotopic (exact) mass is 759 g/mol. The van der Waals surface area contributed by atoms with Crippen LogP contribution in [0.4, 0.5) is 19.0 Å². The molecule has 2 saturated heterocycles. The van der Waals surface area contributed by atoms with Gasteiger partial charge in [0.15, 0.2) is 0 Å². The maximum atomic E-state index is 14.4. The number of aromatic nitrogens is 4. The Morgan fingerprint density at radius 1 is 1.04 bits per heavy atom. The Bertz CT molecular complexity index is 2050. The maximum Gasteiger partial charge on any atom is 0.504 e. The molecule has 0 saturated carbocycles. The highest BCUT2D eigenvalue weighted by Crippen LogP contribution is 2.41. The van der Waals surface area contributed by atoms with Crippen molar-refractivity contribution in [1.82, 2.24) is 39.6 Å². The van der Waals surface area contributed by atoms with Crippen LogP contribution in [0.25, 0.3) is 5.69 Å². The summed E-state index contributed by atoms with van der Waals surface area (Å²) in [4.78, 5) is 49.6. The predicted octanol–water partition coefficient (Wildman–Crippen LogP) is 3.76. The summed E-state index contributed by atoms with van der Waals surface area (Å²) >= 11 is 0. The molecule has 0 unspecified atom stereocenters. The highest BCUT2D eigenvalue weighted by atomic mass is 19.4. The van der Waals surface area contributed by atoms with Gasteiger partial charge >= 0.3 is 6.30 Å². The van der Waals surface area contributed by atoms with Gasteiger partial charge in [0, 0.05) is 76.1 Å². The van der Waals surface area contributed by atoms with Gasteiger partial charge in [-0.25, -0.2) is 4.68 Å². The first-order valence-electron chi connectivity index (χ1n) is 18.4. The van der Waals surface area contributed by atoms with Gasteiger partial charge in [-0.2, -0.15) is 14.9 Å². The largest absolute Gasteiger partial charge is 0.504 e. The lowest BCUT2D eigenvalue weighted by Crippen LogP contribution is -2.56. The van der Waals surface area contributed by atoms with E-state index in [1.807, 2.05) is 67.6 Å². The molecule has 2 fully saturated rings. The molecule has 2 atom stereocenters. The first-order chi connectivity index (χ1) is 26.5. The van der Waals surface area contributed by atoms with Crippen LogP contribution in [0, 0.1) is 0 Å². The van der Waals surface area contributed by atoms with Crippen LogP contribution in [0.1, 0.15) is 46.9 Å². The van der Waals surface area contributed by atoms with Crippen molar-refractivity contribution in [3.63, 3.8) is 0 Å². The van der Waals surface area contributed by atoms with Gasteiger partial charge in [-0.05, 0) is 43.2 Å². The van der Waals surface area contributed by atoms with Crippen molar-refractivity contribution in [1.29, 1.82) is 0 Å². The molecule has 5 heterocycles. The zero-order valence-electron chi connectivity index (χ0n) is 30.9. The minimum absolute atomic E-state index is 0.0935. The van der Waals surface area contributed by atoms with E-state index in [0.29, 0.717) is 41.3 Å². The van der Waals surface area contributed by atoms with Crippen molar-refractivity contribution in [3.8, 4) is 5.69 Å². The number of para-hydroxylation sites is 1. The highest BCUT2D eigenvalue weighted by molar-refractivity contribution is 6.04. The number of hydrogen-bond acceptors (Lipinski definition) is 8. The molecule has 290 valence electrons. The predicted molar refractivity (Wildman–Crippen MR) is 198 cm³/mol. The number of fused-ring (bicyclic) bond motifs is 1. The molecule has 3 aliphatic rings. The lowest BCUT2D eigenvalue weighted by atomic mass is 9.82. The normalized spacial score (nSPS) is 19.9. The second-order valence-corrected chi connectivity index (χ2v) is 14.0. The Morgan fingerprint density at radius 2 is 1.78 bits per heavy atom. The van der Waals surface area contributed by atoms with Gasteiger partial charge < -0.3 is 15.0 Å². The van der Waals surface area contributed by atoms with Crippen LogP contribution in [0.15, 0.2) is 84.7 Å². The summed E-state index contributed by atoms with van der Waals surface area (Å²) in [6.45, 7) is 9.89. The second kappa shape index (κ2) is 15.8. The number of carbonyl (C=O) groups excluding carboxylic acids is 3. The zero-order valence-corrected chi connectivity index (χ0v) is 30.9. The van der Waals surface area contributed by atoms with Gasteiger partial charge in [-0.3, -0.25) is 29.1 Å². The van der Waals surface area contributed by atoms with E-state index in [0.717, 1.165) is 56.7 Å². The van der Waals surface area contributed by atoms with Crippen LogP contribution in [0.2, 0.25) is 0 Å². The molecule has 55 heavy (non-hydrogen) atoms. The standard InChI is InChI=1S/C39H44F3N9O4/c1-4-27(23-47-16-18-48(19-17-47)30-24-55-25-30)37(53)46(3)22-26-10-9-11-28(20-26)33-31-21-43-51(29-12-7-6-8-13-29)36(31)49(5-2)38(54)34(33)44-35(52)32-14-15-50(45-32)39(40,41)42/h4,6-15,20-21,30,33-34H,5,16-19,22-25H2,1-3H3,(H,44,52)/b27-4+/t33-,34+/m1/s1. The fourth-order valence-electron chi connectivity index (χ4n) is 7.54. The Balaban J connectivity index is 1.15. The molecule has 1 N–H and O–H groups in total. The molecular weight excluding hydrogens is 715 g/mol. The van der Waals surface area contributed by atoms with E-state index in [1.54, 1.807) is 29.7 Å². The molecule has 2 aromatic heterocycles. The topological polar surface area (TPSA) is 121 Å². The summed E-state index contributed by atoms with van der Waals surface area (Å²) in [6.07, 6.45) is -0.640. The number of hydrogen-bond donors (Lipinski definition) is 1. The molecule has 0 bridgehead atoms. The van der Waals surface area contributed by atoms with Gasteiger partial charge in [0.05, 0.1) is 31.1 Å². The molecule has 0 radical (unpaired) electrons. The number of nitrogens with one attached hydrogen (secondary N) is 1. The Morgan fingerprint density at radius 3 is 2.42 bits per heavy atom. The first-order valence-corrected chi connectivity index (χ1v) is 18.4. The Kier molecular flexibility index (Phi) is 10.9. The van der Waals surface area contributed by atoms with E-state index < -0.39 is 35.8 Å². The van der Waals surface area contributed by atoms with Gasteiger partial charge in [-0.1, -0.05) is 48.5 Å². The number of halogens is 3. The number of nitrogens with zero attached hydrogens (tertiary/aromatic N) is 8. The van der Waals surface area contributed by atoms with Gasteiger partial charge in [0.2, 0.25) is 0 Å². The number of amides is 3. The van der Waals surface area contributed by atoms with Gasteiger partial charge in [-0.15, -0.1) is 13.2 Å². The molecular formula is C39H44F3N9O4. The number of ether oxygens (including phenoxy) is 1. The summed E-state index contributed by atoms with van der Waals surface area (Å²) < 4.78 is 46.8. The zero-order chi connectivity index (χ0) is 38.9. The summed E-state index contributed by atoms with van der Waals surface area (Å²) in [5.74, 6) is -1.75. The lowest BCUT2D eigenvalue weighted by molar-refractivity contribution is -0.212. The average Bonchev–Trinajstić information content (AvgIpc) is 3.84. The van der Waals surface area contributed by atoms with Gasteiger partial charge in [0.1, 0.15) is 17.6 Å². The van der Waals surface area contributed by atoms with E-state index in [9.17, 15) is 27.6 Å². The molecule has 13 nitrogen and oxygen atoms in total. The third-order valence-corrected chi connectivity index (χ3v) is 10.5. The quantitative estimate of drug-likeness (QED) is 0.230. The van der Waals surface area contributed by atoms with E-state index in [-0.39, 0.29) is 23.7 Å². The van der Waals surface area contributed by atoms with Crippen LogP contribution in [-0.4, -0.2) is 124 Å². The third kappa shape index (κ3) is 7.79. The Labute approximate surface area is 316 Å². The number of likely N-dealkylation sites (N-methyl/N-ethyl adjacent to an activating group) is 2. The van der Waals surface area contributed by atoms with Gasteiger partial charge in [0.25, 0.3) is 17.7 Å². The lowest BCUT2D eigenvalue weighted by Gasteiger charge is -2.42. The number of carbonyl (C=O) groups is 3. The number of benzene rings is 2. The summed E-state index contributed by atoms with van der Waals surface area (Å²) in [5.41, 5.74) is 3.02. The van der Waals surface area contributed by atoms with E-state index >= 15 is 0 Å². The third-order valence-electron chi connectivity index (χ3n) is 10.5. The number of alkyl halides is 3. The SMILES string of the molecule is C/C=C(\CN1CCN(C2COC2)CC1)C(=O)N(C)Cc1cccc([C@@H]2c3cnn(-c4ccccc4)c3N(CC)C(=O)[C@H]2NC(=O)c2ccn(C(F)(F)F)n2)c1. The second-order valence-electron chi connectivity index (χ2n) is 14.0.